The maximum absolute atomic E-state index is 10.7. The lowest BCUT2D eigenvalue weighted by Crippen LogP contribution is -1.83. The first kappa shape index (κ1) is 8.94. The molecular weight excluding hydrogens is 154 g/mol. The Kier molecular flexibility index (Phi) is 4.75. The van der Waals surface area contributed by atoms with Crippen molar-refractivity contribution in [1.82, 2.24) is 0 Å². The van der Waals surface area contributed by atoms with Gasteiger partial charge in [0.1, 0.15) is 0 Å². The zero-order chi connectivity index (χ0) is 7.28. The lowest BCUT2D eigenvalue weighted by Gasteiger charge is -1.89. The highest BCUT2D eigenvalue weighted by molar-refractivity contribution is 8.30. The minimum Gasteiger partial charge on any atom is -0.241 e. The molecule has 0 aromatic heterocycles. The molecule has 0 aliphatic rings. The number of hydrogen-bond donors (Lipinski definition) is 0. The number of rotatable bonds is 0. The van der Waals surface area contributed by atoms with Crippen LogP contribution in [0, 0.1) is 0 Å². The second-order valence-corrected chi connectivity index (χ2v) is 3.28. The predicted octanol–water partition coefficient (Wildman–Crippen LogP) is 1.80. The van der Waals surface area contributed by atoms with Crippen LogP contribution in [0.1, 0.15) is 13.8 Å². The molecule has 0 aliphatic carbocycles. The molecule has 0 spiro atoms. The van der Waals surface area contributed by atoms with Crippen molar-refractivity contribution in [3.05, 3.63) is 0 Å². The second kappa shape index (κ2) is 4.78. The maximum Gasteiger partial charge on any atom is 0.181 e. The van der Waals surface area contributed by atoms with Crippen LogP contribution < -0.4 is 0 Å². The van der Waals surface area contributed by atoms with Crippen molar-refractivity contribution in [2.75, 3.05) is 0 Å². The van der Waals surface area contributed by atoms with E-state index in [1.165, 1.54) is 11.6 Å². The Morgan fingerprint density at radius 1 is 1.67 bits per heavy atom. The fourth-order valence-electron chi connectivity index (χ4n) is 0.258. The summed E-state index contributed by atoms with van der Waals surface area (Å²) in [6.07, 6.45) is 1.53. The van der Waals surface area contributed by atoms with Crippen LogP contribution in [-0.4, -0.2) is 15.9 Å². The number of aliphatic imine (C=N–C) groups is 1. The first-order valence-electron chi connectivity index (χ1n) is 2.45. The lowest BCUT2D eigenvalue weighted by atomic mass is 10.9. The largest absolute Gasteiger partial charge is 0.241 e. The van der Waals surface area contributed by atoms with Crippen LogP contribution in [0.5, 0.6) is 0 Å². The Morgan fingerprint density at radius 3 is 2.56 bits per heavy atom. The summed E-state index contributed by atoms with van der Waals surface area (Å²) in [6.45, 7) is 3.42. The van der Waals surface area contributed by atoms with Gasteiger partial charge in [0.15, 0.2) is 4.32 Å². The SMILES string of the molecule is CC=NC(=S)S([O])=CC. The Morgan fingerprint density at radius 2 is 2.22 bits per heavy atom. The summed E-state index contributed by atoms with van der Waals surface area (Å²) in [4.78, 5) is 3.67. The van der Waals surface area contributed by atoms with Gasteiger partial charge in [-0.05, 0) is 31.4 Å². The van der Waals surface area contributed by atoms with Gasteiger partial charge in [0.25, 0.3) is 0 Å². The molecule has 0 aliphatic heterocycles. The normalized spacial score (nSPS) is 14.6. The number of hydrogen-bond acceptors (Lipinski definition) is 1. The summed E-state index contributed by atoms with van der Waals surface area (Å²) in [7, 11) is -1.16. The molecular formula is C5H8NOS2. The highest BCUT2D eigenvalue weighted by Gasteiger charge is 1.93. The Bertz CT molecular complexity index is 162. The van der Waals surface area contributed by atoms with Crippen LogP contribution in [0.15, 0.2) is 4.99 Å². The third kappa shape index (κ3) is 3.51. The van der Waals surface area contributed by atoms with Gasteiger partial charge in [-0.15, -0.1) is 0 Å². The van der Waals surface area contributed by atoms with Gasteiger partial charge in [0, 0.05) is 17.0 Å². The zero-order valence-corrected chi connectivity index (χ0v) is 6.96. The van der Waals surface area contributed by atoms with Gasteiger partial charge >= 0.3 is 0 Å². The van der Waals surface area contributed by atoms with Crippen molar-refractivity contribution in [3.63, 3.8) is 0 Å². The molecule has 0 bridgehead atoms. The van der Waals surface area contributed by atoms with Gasteiger partial charge in [-0.1, -0.05) is 0 Å². The van der Waals surface area contributed by atoms with E-state index in [4.69, 9.17) is 0 Å². The third-order valence-electron chi connectivity index (χ3n) is 0.621. The average Bonchev–Trinajstić information content (AvgIpc) is 1.87. The molecule has 0 N–H and O–H groups in total. The first-order valence-corrected chi connectivity index (χ1v) is 4.07. The van der Waals surface area contributed by atoms with Crippen molar-refractivity contribution in [3.8, 4) is 0 Å². The highest BCUT2D eigenvalue weighted by Crippen LogP contribution is 2.09. The minimum atomic E-state index is -1.16. The second-order valence-electron chi connectivity index (χ2n) is 1.19. The summed E-state index contributed by atoms with van der Waals surface area (Å²) in [6, 6.07) is 0. The van der Waals surface area contributed by atoms with Crippen LogP contribution in [0.25, 0.3) is 0 Å². The van der Waals surface area contributed by atoms with Gasteiger partial charge in [0.2, 0.25) is 0 Å². The molecule has 0 fully saturated rings. The van der Waals surface area contributed by atoms with E-state index in [0.717, 1.165) is 0 Å². The minimum absolute atomic E-state index is 0.236. The van der Waals surface area contributed by atoms with Crippen LogP contribution >= 0.6 is 23.0 Å². The molecule has 0 aromatic carbocycles. The zero-order valence-electron chi connectivity index (χ0n) is 5.33. The van der Waals surface area contributed by atoms with Gasteiger partial charge in [-0.3, -0.25) is 0 Å². The summed E-state index contributed by atoms with van der Waals surface area (Å²) in [5.74, 6) is 0. The molecule has 1 atom stereocenters. The van der Waals surface area contributed by atoms with E-state index >= 15 is 0 Å². The smallest absolute Gasteiger partial charge is 0.181 e. The van der Waals surface area contributed by atoms with E-state index in [1.54, 1.807) is 13.8 Å². The first-order chi connectivity index (χ1) is 4.22. The summed E-state index contributed by atoms with van der Waals surface area (Å²) in [5, 5.41) is 1.51. The molecule has 2 nitrogen and oxygen atoms in total. The molecule has 0 heterocycles. The van der Waals surface area contributed by atoms with E-state index in [2.05, 4.69) is 17.2 Å². The van der Waals surface area contributed by atoms with E-state index in [1.807, 2.05) is 0 Å². The highest BCUT2D eigenvalue weighted by atomic mass is 32.2. The molecule has 4 heteroatoms. The van der Waals surface area contributed by atoms with Crippen LogP contribution in [-0.2, 0) is 4.55 Å². The van der Waals surface area contributed by atoms with Crippen molar-refractivity contribution in [1.29, 1.82) is 0 Å². The van der Waals surface area contributed by atoms with Crippen molar-refractivity contribution >= 4 is 38.9 Å². The van der Waals surface area contributed by atoms with Gasteiger partial charge in [-0.25, -0.2) is 4.99 Å². The molecule has 0 aromatic rings. The summed E-state index contributed by atoms with van der Waals surface area (Å²) >= 11 is 4.65. The Labute approximate surface area is 62.8 Å². The quantitative estimate of drug-likeness (QED) is 0.395. The Hall–Kier alpha value is -0.0600. The predicted molar refractivity (Wildman–Crippen MR) is 46.8 cm³/mol. The van der Waals surface area contributed by atoms with Gasteiger partial charge in [-0.2, -0.15) is 4.55 Å². The topological polar surface area (TPSA) is 32.3 Å². The summed E-state index contributed by atoms with van der Waals surface area (Å²) in [5.41, 5.74) is 0. The summed E-state index contributed by atoms with van der Waals surface area (Å²) < 4.78 is 10.9. The fourth-order valence-corrected chi connectivity index (χ4v) is 1.06. The molecule has 9 heavy (non-hydrogen) atoms. The van der Waals surface area contributed by atoms with E-state index in [9.17, 15) is 4.55 Å². The molecule has 0 amide bonds. The number of thiocarbonyl (C=S) groups is 1. The van der Waals surface area contributed by atoms with Crippen molar-refractivity contribution in [2.45, 2.75) is 13.8 Å². The average molecular weight is 162 g/mol. The van der Waals surface area contributed by atoms with Gasteiger partial charge in [0.05, 0.1) is 0 Å². The molecule has 1 unspecified atom stereocenters. The molecule has 0 saturated carbocycles. The lowest BCUT2D eigenvalue weighted by molar-refractivity contribution is 0.537. The monoisotopic (exact) mass is 162 g/mol. The molecule has 1 radical (unpaired) electrons. The number of nitrogens with zero attached hydrogens (tertiary/aromatic N) is 1. The molecule has 51 valence electrons. The van der Waals surface area contributed by atoms with E-state index in [0.29, 0.717) is 0 Å². The van der Waals surface area contributed by atoms with Crippen LogP contribution in [0.2, 0.25) is 0 Å². The third-order valence-corrected chi connectivity index (χ3v) is 2.10. The van der Waals surface area contributed by atoms with Crippen molar-refractivity contribution < 1.29 is 4.55 Å². The molecule has 0 saturated heterocycles. The van der Waals surface area contributed by atoms with Crippen LogP contribution in [0.4, 0.5) is 0 Å². The van der Waals surface area contributed by atoms with Crippen LogP contribution in [0.3, 0.4) is 0 Å². The van der Waals surface area contributed by atoms with E-state index < -0.39 is 10.8 Å². The van der Waals surface area contributed by atoms with Gasteiger partial charge < -0.3 is 0 Å². The maximum atomic E-state index is 10.7. The fraction of sp³-hybridized carbons (Fsp3) is 0.400. The Balaban J connectivity index is 4.05. The van der Waals surface area contributed by atoms with Crippen molar-refractivity contribution in [2.24, 2.45) is 4.99 Å². The van der Waals surface area contributed by atoms with E-state index in [-0.39, 0.29) is 4.32 Å². The molecule has 0 rings (SSSR count). The standard InChI is InChI=1S/C5H8NOS2/c1-3-6-5(8)9(7)4-2/h3-4H,1-2H3.